The molecule has 0 saturated heterocycles. The normalized spacial score (nSPS) is 11.8. The molecule has 0 aliphatic carbocycles. The van der Waals surface area contributed by atoms with Crippen molar-refractivity contribution in [3.8, 4) is 0 Å². The molecule has 4 heteroatoms. The topological polar surface area (TPSA) is 0 Å². The van der Waals surface area contributed by atoms with Gasteiger partial charge in [0.2, 0.25) is 0 Å². The molecule has 1 aromatic heterocycles. The van der Waals surface area contributed by atoms with Crippen molar-refractivity contribution in [1.29, 1.82) is 0 Å². The molecule has 1 heterocycles. The first-order chi connectivity index (χ1) is 9.09. The Balaban J connectivity index is 2.37. The van der Waals surface area contributed by atoms with Crippen LogP contribution in [0.4, 0.5) is 0 Å². The van der Waals surface area contributed by atoms with Crippen LogP contribution in [0.15, 0.2) is 36.4 Å². The van der Waals surface area contributed by atoms with E-state index in [1.165, 1.54) is 16.0 Å². The molecule has 0 aliphatic rings. The summed E-state index contributed by atoms with van der Waals surface area (Å²) in [4.78, 5) is 1.22. The van der Waals surface area contributed by atoms with Gasteiger partial charge in [-0.3, -0.25) is 0 Å². The Kier molecular flexibility index (Phi) is 5.19. The minimum Gasteiger partial charge on any atom is -0.128 e. The molecule has 0 nitrogen and oxygen atoms in total. The minimum atomic E-state index is -0.233. The van der Waals surface area contributed by atoms with Gasteiger partial charge in [0, 0.05) is 22.1 Å². The number of rotatable bonds is 5. The molecule has 0 N–H and O–H groups in total. The van der Waals surface area contributed by atoms with Crippen LogP contribution in [-0.2, 0) is 11.8 Å². The van der Waals surface area contributed by atoms with E-state index in [1.54, 1.807) is 11.3 Å². The van der Waals surface area contributed by atoms with E-state index in [-0.39, 0.29) is 5.41 Å². The van der Waals surface area contributed by atoms with Crippen LogP contribution in [0.1, 0.15) is 16.0 Å². The summed E-state index contributed by atoms with van der Waals surface area (Å²) in [5.41, 5.74) is 2.19. The van der Waals surface area contributed by atoms with Crippen LogP contribution in [0.2, 0.25) is 4.34 Å². The van der Waals surface area contributed by atoms with E-state index in [2.05, 4.69) is 37.3 Å². The molecule has 0 amide bonds. The molecule has 1 aromatic carbocycles. The second-order valence-corrected chi connectivity index (χ2v) is 7.13. The van der Waals surface area contributed by atoms with Crippen LogP contribution in [0.25, 0.3) is 0 Å². The first-order valence-electron chi connectivity index (χ1n) is 6.03. The van der Waals surface area contributed by atoms with Crippen molar-refractivity contribution in [1.82, 2.24) is 0 Å². The van der Waals surface area contributed by atoms with E-state index in [9.17, 15) is 0 Å². The van der Waals surface area contributed by atoms with Gasteiger partial charge in [0.1, 0.15) is 0 Å². The van der Waals surface area contributed by atoms with Gasteiger partial charge in [0.05, 0.1) is 4.34 Å². The van der Waals surface area contributed by atoms with E-state index in [4.69, 9.17) is 34.8 Å². The summed E-state index contributed by atoms with van der Waals surface area (Å²) in [6.07, 6.45) is 0.820. The molecule has 2 aromatic rings. The molecular formula is C15H15Cl3S. The SMILES string of the molecule is Cc1cccc(C(CCl)(CCl)Cc2ccc(Cl)s2)c1. The quantitative estimate of drug-likeness (QED) is 0.619. The van der Waals surface area contributed by atoms with E-state index in [0.29, 0.717) is 11.8 Å². The number of thiophene rings is 1. The van der Waals surface area contributed by atoms with Gasteiger partial charge >= 0.3 is 0 Å². The maximum Gasteiger partial charge on any atom is 0.0931 e. The maximum atomic E-state index is 6.26. The second kappa shape index (κ2) is 6.49. The van der Waals surface area contributed by atoms with Crippen molar-refractivity contribution < 1.29 is 0 Å². The Hall–Kier alpha value is -0.210. The van der Waals surface area contributed by atoms with E-state index in [1.807, 2.05) is 6.07 Å². The Morgan fingerprint density at radius 1 is 1.11 bits per heavy atom. The Bertz CT molecular complexity index is 544. The van der Waals surface area contributed by atoms with Crippen LogP contribution in [0.3, 0.4) is 0 Å². The number of benzene rings is 1. The van der Waals surface area contributed by atoms with Crippen molar-refractivity contribution >= 4 is 46.1 Å². The van der Waals surface area contributed by atoms with Gasteiger partial charge in [-0.05, 0) is 31.0 Å². The molecule has 0 atom stereocenters. The summed E-state index contributed by atoms with van der Waals surface area (Å²) >= 11 is 20.1. The lowest BCUT2D eigenvalue weighted by Crippen LogP contribution is -2.33. The van der Waals surface area contributed by atoms with Crippen LogP contribution in [0.5, 0.6) is 0 Å². The lowest BCUT2D eigenvalue weighted by molar-refractivity contribution is 0.540. The molecule has 0 spiro atoms. The third kappa shape index (κ3) is 3.46. The number of alkyl halides is 2. The standard InChI is InChI=1S/C15H15Cl3S/c1-11-3-2-4-12(7-11)15(9-16,10-17)8-13-5-6-14(18)19-13/h2-7H,8-10H2,1H3. The summed E-state index contributed by atoms with van der Waals surface area (Å²) in [6, 6.07) is 12.4. The molecule has 2 rings (SSSR count). The molecule has 19 heavy (non-hydrogen) atoms. The third-order valence-corrected chi connectivity index (χ3v) is 5.54. The third-order valence-electron chi connectivity index (χ3n) is 3.28. The molecule has 102 valence electrons. The predicted molar refractivity (Wildman–Crippen MR) is 87.3 cm³/mol. The summed E-state index contributed by atoms with van der Waals surface area (Å²) in [5, 5.41) is 0. The fourth-order valence-electron chi connectivity index (χ4n) is 2.14. The first-order valence-corrected chi connectivity index (χ1v) is 8.29. The average molecular weight is 334 g/mol. The van der Waals surface area contributed by atoms with E-state index < -0.39 is 0 Å². The zero-order valence-corrected chi connectivity index (χ0v) is 13.7. The van der Waals surface area contributed by atoms with Crippen molar-refractivity contribution in [2.24, 2.45) is 0 Å². The van der Waals surface area contributed by atoms with E-state index in [0.717, 1.165) is 10.8 Å². The minimum absolute atomic E-state index is 0.233. The highest BCUT2D eigenvalue weighted by Gasteiger charge is 2.31. The number of hydrogen-bond donors (Lipinski definition) is 0. The zero-order valence-electron chi connectivity index (χ0n) is 10.6. The number of aryl methyl sites for hydroxylation is 1. The van der Waals surface area contributed by atoms with Crippen molar-refractivity contribution in [3.05, 3.63) is 56.7 Å². The van der Waals surface area contributed by atoms with Gasteiger partial charge in [-0.2, -0.15) is 0 Å². The summed E-state index contributed by atoms with van der Waals surface area (Å²) < 4.78 is 0.803. The Morgan fingerprint density at radius 2 is 1.84 bits per heavy atom. The van der Waals surface area contributed by atoms with Gasteiger partial charge < -0.3 is 0 Å². The Morgan fingerprint density at radius 3 is 2.37 bits per heavy atom. The van der Waals surface area contributed by atoms with Crippen LogP contribution < -0.4 is 0 Å². The fraction of sp³-hybridized carbons (Fsp3) is 0.333. The van der Waals surface area contributed by atoms with E-state index >= 15 is 0 Å². The highest BCUT2D eigenvalue weighted by molar-refractivity contribution is 7.16. The second-order valence-electron chi connectivity index (χ2n) is 4.80. The average Bonchev–Trinajstić information content (AvgIpc) is 2.81. The molecule has 0 fully saturated rings. The first kappa shape index (κ1) is 15.2. The Labute approximate surface area is 133 Å². The van der Waals surface area contributed by atoms with Crippen LogP contribution in [-0.4, -0.2) is 11.8 Å². The molecule has 0 radical (unpaired) electrons. The molecule has 0 saturated carbocycles. The van der Waals surface area contributed by atoms with Gasteiger partial charge in [-0.25, -0.2) is 0 Å². The summed E-state index contributed by atoms with van der Waals surface area (Å²) in [5.74, 6) is 0.991. The maximum absolute atomic E-state index is 6.26. The van der Waals surface area contributed by atoms with Gasteiger partial charge in [0.25, 0.3) is 0 Å². The molecule has 0 unspecified atom stereocenters. The predicted octanol–water partition coefficient (Wildman–Crippen LogP) is 5.67. The summed E-state index contributed by atoms with van der Waals surface area (Å²) in [7, 11) is 0. The van der Waals surface area contributed by atoms with Gasteiger partial charge in [-0.15, -0.1) is 34.5 Å². The largest absolute Gasteiger partial charge is 0.128 e. The monoisotopic (exact) mass is 332 g/mol. The smallest absolute Gasteiger partial charge is 0.0931 e. The van der Waals surface area contributed by atoms with Crippen LogP contribution in [0, 0.1) is 6.92 Å². The van der Waals surface area contributed by atoms with Gasteiger partial charge in [0.15, 0.2) is 0 Å². The highest BCUT2D eigenvalue weighted by Crippen LogP contribution is 2.35. The molecule has 0 bridgehead atoms. The number of hydrogen-bond acceptors (Lipinski definition) is 1. The molecule has 0 aliphatic heterocycles. The highest BCUT2D eigenvalue weighted by atomic mass is 35.5. The molecular weight excluding hydrogens is 319 g/mol. The lowest BCUT2D eigenvalue weighted by atomic mass is 9.80. The zero-order chi connectivity index (χ0) is 13.9. The summed E-state index contributed by atoms with van der Waals surface area (Å²) in [6.45, 7) is 2.08. The van der Waals surface area contributed by atoms with Crippen molar-refractivity contribution in [3.63, 3.8) is 0 Å². The fourth-order valence-corrected chi connectivity index (χ4v) is 4.16. The van der Waals surface area contributed by atoms with Gasteiger partial charge in [-0.1, -0.05) is 41.4 Å². The lowest BCUT2D eigenvalue weighted by Gasteiger charge is -2.30. The van der Waals surface area contributed by atoms with Crippen molar-refractivity contribution in [2.75, 3.05) is 11.8 Å². The number of halogens is 3. The van der Waals surface area contributed by atoms with Crippen molar-refractivity contribution in [2.45, 2.75) is 18.8 Å². The van der Waals surface area contributed by atoms with Crippen LogP contribution >= 0.6 is 46.1 Å².